The van der Waals surface area contributed by atoms with Crippen LogP contribution in [0.15, 0.2) is 46.8 Å². The molecule has 0 spiro atoms. The second-order valence-corrected chi connectivity index (χ2v) is 7.49. The number of rotatable bonds is 8. The van der Waals surface area contributed by atoms with Gasteiger partial charge in [-0.15, -0.1) is 0 Å². The summed E-state index contributed by atoms with van der Waals surface area (Å²) in [6.07, 6.45) is -4.91. The third-order valence-electron chi connectivity index (χ3n) is 5.59. The zero-order chi connectivity index (χ0) is 24.9. The number of hydrogen-bond donors (Lipinski definition) is 3. The maximum absolute atomic E-state index is 13.9. The molecule has 1 aromatic rings. The number of carbonyl (C=O) groups excluding carboxylic acids is 2. The molecule has 1 unspecified atom stereocenters. The van der Waals surface area contributed by atoms with E-state index in [-0.39, 0.29) is 22.9 Å². The number of ether oxygens (including phenoxy) is 2. The average Bonchev–Trinajstić information content (AvgIpc) is 2.79. The predicted molar refractivity (Wildman–Crippen MR) is 115 cm³/mol. The van der Waals surface area contributed by atoms with E-state index in [2.05, 4.69) is 10.7 Å². The number of alkyl halides is 3. The normalized spacial score (nSPS) is 16.2. The smallest absolute Gasteiger partial charge is 0.416 e. The van der Waals surface area contributed by atoms with Crippen molar-refractivity contribution in [1.29, 1.82) is 0 Å². The molecule has 0 aliphatic carbocycles. The van der Waals surface area contributed by atoms with Crippen molar-refractivity contribution in [3.05, 3.63) is 57.9 Å². The Morgan fingerprint density at radius 1 is 1.09 bits per heavy atom. The van der Waals surface area contributed by atoms with Gasteiger partial charge in [0.25, 0.3) is 0 Å². The number of esters is 2. The van der Waals surface area contributed by atoms with Crippen LogP contribution in [0, 0.1) is 0 Å². The summed E-state index contributed by atoms with van der Waals surface area (Å²) in [7, 11) is 2.28. The number of hydrogen-bond acceptors (Lipinski definition) is 8. The van der Waals surface area contributed by atoms with Crippen LogP contribution >= 0.6 is 0 Å². The van der Waals surface area contributed by atoms with Crippen molar-refractivity contribution >= 4 is 11.9 Å². The Kier molecular flexibility index (Phi) is 8.64. The minimum atomic E-state index is -4.70. The summed E-state index contributed by atoms with van der Waals surface area (Å²) in [4.78, 5) is 27.4. The molecule has 0 bridgehead atoms. The second-order valence-electron chi connectivity index (χ2n) is 7.49. The molecule has 0 radical (unpaired) electrons. The maximum atomic E-state index is 13.9. The SMILES string of the molecule is COC(=O)C1=C(C)N(CCNC(C)NN)C(C)=C(C(=O)OC)C1c1ccccc1C(F)(F)F. The van der Waals surface area contributed by atoms with Crippen molar-refractivity contribution in [3.8, 4) is 0 Å². The van der Waals surface area contributed by atoms with E-state index in [4.69, 9.17) is 15.3 Å². The Balaban J connectivity index is 2.75. The molecule has 4 N–H and O–H groups in total. The van der Waals surface area contributed by atoms with Gasteiger partial charge in [0.1, 0.15) is 0 Å². The van der Waals surface area contributed by atoms with Gasteiger partial charge in [-0.1, -0.05) is 18.2 Å². The summed E-state index contributed by atoms with van der Waals surface area (Å²) < 4.78 is 51.5. The van der Waals surface area contributed by atoms with Gasteiger partial charge in [0.15, 0.2) is 0 Å². The Bertz CT molecular complexity index is 919. The van der Waals surface area contributed by atoms with E-state index >= 15 is 0 Å². The number of nitrogens with zero attached hydrogens (tertiary/aromatic N) is 1. The minimum absolute atomic E-state index is 0.0646. The lowest BCUT2D eigenvalue weighted by atomic mass is 9.78. The molecule has 1 aromatic carbocycles. The van der Waals surface area contributed by atoms with Crippen LogP contribution in [0.25, 0.3) is 0 Å². The summed E-state index contributed by atoms with van der Waals surface area (Å²) in [6.45, 7) is 5.71. The van der Waals surface area contributed by atoms with Gasteiger partial charge in [-0.05, 0) is 32.4 Å². The first-order chi connectivity index (χ1) is 15.5. The number of methoxy groups -OCH3 is 2. The van der Waals surface area contributed by atoms with Crippen LogP contribution in [0.1, 0.15) is 37.8 Å². The lowest BCUT2D eigenvalue weighted by molar-refractivity contribution is -0.140. The monoisotopic (exact) mass is 470 g/mol. The highest BCUT2D eigenvalue weighted by molar-refractivity contribution is 6.00. The van der Waals surface area contributed by atoms with Gasteiger partial charge in [0.2, 0.25) is 0 Å². The Hall–Kier alpha value is -2.89. The first-order valence-corrected chi connectivity index (χ1v) is 10.2. The zero-order valence-electron chi connectivity index (χ0n) is 19.2. The lowest BCUT2D eigenvalue weighted by Gasteiger charge is -2.38. The third kappa shape index (κ3) is 5.55. The molecule has 8 nitrogen and oxygen atoms in total. The van der Waals surface area contributed by atoms with Crippen LogP contribution in [-0.2, 0) is 25.2 Å². The highest BCUT2D eigenvalue weighted by atomic mass is 19.4. The molecule has 0 amide bonds. The van der Waals surface area contributed by atoms with E-state index in [0.29, 0.717) is 24.5 Å². The van der Waals surface area contributed by atoms with Crippen LogP contribution in [0.3, 0.4) is 0 Å². The molecule has 1 aliphatic heterocycles. The van der Waals surface area contributed by atoms with Gasteiger partial charge < -0.3 is 14.4 Å². The predicted octanol–water partition coefficient (Wildman–Crippen LogP) is 2.40. The summed E-state index contributed by atoms with van der Waals surface area (Å²) in [5.74, 6) is 2.39. The minimum Gasteiger partial charge on any atom is -0.466 e. The van der Waals surface area contributed by atoms with Gasteiger partial charge in [0, 0.05) is 24.5 Å². The average molecular weight is 470 g/mol. The topological polar surface area (TPSA) is 106 Å². The molecule has 11 heteroatoms. The van der Waals surface area contributed by atoms with Crippen molar-refractivity contribution in [3.63, 3.8) is 0 Å². The van der Waals surface area contributed by atoms with Crippen molar-refractivity contribution in [1.82, 2.24) is 15.6 Å². The maximum Gasteiger partial charge on any atom is 0.416 e. The number of carbonyl (C=O) groups is 2. The van der Waals surface area contributed by atoms with Crippen LogP contribution in [-0.4, -0.2) is 50.3 Å². The molecule has 1 atom stereocenters. The summed E-state index contributed by atoms with van der Waals surface area (Å²) in [5.41, 5.74) is 1.99. The van der Waals surface area contributed by atoms with E-state index in [0.717, 1.165) is 20.3 Å². The van der Waals surface area contributed by atoms with Gasteiger partial charge >= 0.3 is 18.1 Å². The molecule has 0 fully saturated rings. The number of nitrogens with two attached hydrogens (primary N) is 1. The lowest BCUT2D eigenvalue weighted by Crippen LogP contribution is -2.46. The van der Waals surface area contributed by atoms with Crippen LogP contribution in [0.5, 0.6) is 0 Å². The van der Waals surface area contributed by atoms with Crippen LogP contribution in [0.2, 0.25) is 0 Å². The van der Waals surface area contributed by atoms with Crippen LogP contribution in [0.4, 0.5) is 13.2 Å². The van der Waals surface area contributed by atoms with E-state index in [9.17, 15) is 22.8 Å². The first kappa shape index (κ1) is 26.4. The summed E-state index contributed by atoms with van der Waals surface area (Å²) >= 11 is 0. The molecule has 1 heterocycles. The largest absolute Gasteiger partial charge is 0.466 e. The van der Waals surface area contributed by atoms with Crippen molar-refractivity contribution in [2.45, 2.75) is 39.0 Å². The van der Waals surface area contributed by atoms with Crippen molar-refractivity contribution < 1.29 is 32.2 Å². The van der Waals surface area contributed by atoms with Gasteiger partial charge in [0.05, 0.1) is 43.0 Å². The molecule has 1 aliphatic rings. The van der Waals surface area contributed by atoms with Crippen molar-refractivity contribution in [2.24, 2.45) is 5.84 Å². The second kappa shape index (κ2) is 10.8. The van der Waals surface area contributed by atoms with Crippen molar-refractivity contribution in [2.75, 3.05) is 27.3 Å². The highest BCUT2D eigenvalue weighted by Gasteiger charge is 2.44. The Morgan fingerprint density at radius 3 is 2.06 bits per heavy atom. The molecule has 0 saturated heterocycles. The van der Waals surface area contributed by atoms with E-state index in [1.807, 2.05) is 0 Å². The number of hydrazine groups is 1. The third-order valence-corrected chi connectivity index (χ3v) is 5.59. The molecule has 0 aromatic heterocycles. The Labute approximate surface area is 190 Å². The Morgan fingerprint density at radius 2 is 1.61 bits per heavy atom. The standard InChI is InChI=1S/C22H29F3N4O4/c1-12-17(20(30)32-4)19(15-8-6-7-9-16(15)22(23,24)25)18(21(31)33-5)13(2)29(12)11-10-27-14(3)28-26/h6-9,14,19,27-28H,10-11,26H2,1-5H3. The molecule has 2 rings (SSSR count). The number of benzene rings is 1. The molecule has 182 valence electrons. The van der Waals surface area contributed by atoms with E-state index < -0.39 is 29.6 Å². The van der Waals surface area contributed by atoms with Gasteiger partial charge in [-0.2, -0.15) is 13.2 Å². The fraction of sp³-hybridized carbons (Fsp3) is 0.455. The quantitative estimate of drug-likeness (QED) is 0.230. The number of nitrogens with one attached hydrogen (secondary N) is 2. The number of allylic oxidation sites excluding steroid dienone is 2. The number of halogens is 3. The van der Waals surface area contributed by atoms with E-state index in [1.165, 1.54) is 18.2 Å². The van der Waals surface area contributed by atoms with Crippen LogP contribution < -0.4 is 16.6 Å². The highest BCUT2D eigenvalue weighted by Crippen LogP contribution is 2.46. The summed E-state index contributed by atoms with van der Waals surface area (Å²) in [5, 5.41) is 3.10. The molecule has 0 saturated carbocycles. The zero-order valence-corrected chi connectivity index (χ0v) is 19.2. The van der Waals surface area contributed by atoms with E-state index in [1.54, 1.807) is 25.7 Å². The summed E-state index contributed by atoms with van der Waals surface area (Å²) in [6, 6.07) is 4.85. The molecular weight excluding hydrogens is 441 g/mol. The van der Waals surface area contributed by atoms with Gasteiger partial charge in [-0.25, -0.2) is 15.0 Å². The molecular formula is C22H29F3N4O4. The fourth-order valence-corrected chi connectivity index (χ4v) is 3.96. The fourth-order valence-electron chi connectivity index (χ4n) is 3.96. The first-order valence-electron chi connectivity index (χ1n) is 10.2. The van der Waals surface area contributed by atoms with Gasteiger partial charge in [-0.3, -0.25) is 11.2 Å². The molecule has 33 heavy (non-hydrogen) atoms.